The van der Waals surface area contributed by atoms with Gasteiger partial charge in [-0.3, -0.25) is 0 Å². The molecule has 0 amide bonds. The Labute approximate surface area is 228 Å². The Hall–Kier alpha value is -4.05. The molecule has 3 rings (SSSR count). The largest absolute Gasteiger partial charge is 0.497 e. The molecule has 0 aliphatic carbocycles. The Morgan fingerprint density at radius 1 is 0.846 bits per heavy atom. The molecule has 0 aliphatic rings. The number of hydrogen-bond donors (Lipinski definition) is 2. The van der Waals surface area contributed by atoms with E-state index in [1.54, 1.807) is 69.9 Å². The summed E-state index contributed by atoms with van der Waals surface area (Å²) in [6, 6.07) is 21.7. The number of hydrogen-bond acceptors (Lipinski definition) is 9. The van der Waals surface area contributed by atoms with Crippen molar-refractivity contribution in [2.45, 2.75) is 12.4 Å². The zero-order chi connectivity index (χ0) is 28.0. The fraction of sp³-hybridized carbons (Fsp3) is 0.300. The van der Waals surface area contributed by atoms with Gasteiger partial charge in [0.1, 0.15) is 35.7 Å². The zero-order valence-corrected chi connectivity index (χ0v) is 22.6. The lowest BCUT2D eigenvalue weighted by Gasteiger charge is -2.19. The molecule has 2 unspecified atom stereocenters. The SMILES string of the molecule is COC(=O)C(=Cc1cc(OC)cc(OC)c1)c1ccc(OCC(O)CNCC(OC)Oc2ccccc2)cc1. The first-order valence-corrected chi connectivity index (χ1v) is 12.3. The van der Waals surface area contributed by atoms with Crippen LogP contribution in [0.4, 0.5) is 0 Å². The number of benzene rings is 3. The van der Waals surface area contributed by atoms with E-state index in [0.29, 0.717) is 46.2 Å². The minimum atomic E-state index is -0.757. The van der Waals surface area contributed by atoms with Crippen LogP contribution in [0.1, 0.15) is 11.1 Å². The van der Waals surface area contributed by atoms with Crippen LogP contribution in [0.5, 0.6) is 23.0 Å². The minimum Gasteiger partial charge on any atom is -0.497 e. The van der Waals surface area contributed by atoms with Gasteiger partial charge in [-0.1, -0.05) is 30.3 Å². The molecule has 9 nitrogen and oxygen atoms in total. The molecule has 0 fully saturated rings. The monoisotopic (exact) mass is 537 g/mol. The van der Waals surface area contributed by atoms with Gasteiger partial charge in [-0.25, -0.2) is 4.79 Å². The van der Waals surface area contributed by atoms with Crippen molar-refractivity contribution >= 4 is 17.6 Å². The van der Waals surface area contributed by atoms with E-state index in [4.69, 9.17) is 28.4 Å². The highest BCUT2D eigenvalue weighted by Crippen LogP contribution is 2.27. The highest BCUT2D eigenvalue weighted by molar-refractivity contribution is 6.21. The number of nitrogens with one attached hydrogen (secondary N) is 1. The molecule has 0 heterocycles. The second-order valence-corrected chi connectivity index (χ2v) is 8.44. The van der Waals surface area contributed by atoms with Crippen LogP contribution in [0.25, 0.3) is 11.6 Å². The van der Waals surface area contributed by atoms with Gasteiger partial charge in [0.15, 0.2) is 0 Å². The topological polar surface area (TPSA) is 105 Å². The maximum absolute atomic E-state index is 12.6. The molecule has 2 atom stereocenters. The number of carbonyl (C=O) groups is 1. The molecule has 3 aromatic carbocycles. The smallest absolute Gasteiger partial charge is 0.338 e. The summed E-state index contributed by atoms with van der Waals surface area (Å²) in [6.07, 6.45) is 0.451. The Kier molecular flexibility index (Phi) is 11.6. The lowest BCUT2D eigenvalue weighted by molar-refractivity contribution is -0.133. The number of aliphatic hydroxyl groups is 1. The first-order valence-electron chi connectivity index (χ1n) is 12.3. The maximum atomic E-state index is 12.6. The third kappa shape index (κ3) is 9.33. The van der Waals surface area contributed by atoms with E-state index < -0.39 is 18.4 Å². The molecular weight excluding hydrogens is 502 g/mol. The van der Waals surface area contributed by atoms with Crippen molar-refractivity contribution in [1.29, 1.82) is 0 Å². The third-order valence-electron chi connectivity index (χ3n) is 5.66. The lowest BCUT2D eigenvalue weighted by atomic mass is 10.0. The molecule has 0 saturated heterocycles. The second kappa shape index (κ2) is 15.4. The predicted molar refractivity (Wildman–Crippen MR) is 148 cm³/mol. The van der Waals surface area contributed by atoms with Crippen molar-refractivity contribution in [3.63, 3.8) is 0 Å². The van der Waals surface area contributed by atoms with Gasteiger partial charge in [-0.15, -0.1) is 0 Å². The fourth-order valence-electron chi connectivity index (χ4n) is 3.62. The molecule has 9 heteroatoms. The van der Waals surface area contributed by atoms with E-state index >= 15 is 0 Å². The molecule has 0 aliphatic heterocycles. The Balaban J connectivity index is 1.56. The highest BCUT2D eigenvalue weighted by atomic mass is 16.7. The zero-order valence-electron chi connectivity index (χ0n) is 22.6. The van der Waals surface area contributed by atoms with E-state index in [2.05, 4.69) is 5.32 Å². The predicted octanol–water partition coefficient (Wildman–Crippen LogP) is 3.80. The fourth-order valence-corrected chi connectivity index (χ4v) is 3.62. The number of aliphatic hydroxyl groups excluding tert-OH is 1. The number of carbonyl (C=O) groups excluding carboxylic acids is 1. The van der Waals surface area contributed by atoms with E-state index in [-0.39, 0.29) is 13.2 Å². The number of methoxy groups -OCH3 is 4. The summed E-state index contributed by atoms with van der Waals surface area (Å²) in [5.41, 5.74) is 1.71. The van der Waals surface area contributed by atoms with Crippen molar-refractivity contribution < 1.29 is 38.3 Å². The molecule has 208 valence electrons. The van der Waals surface area contributed by atoms with Crippen molar-refractivity contribution in [2.75, 3.05) is 48.1 Å². The van der Waals surface area contributed by atoms with Crippen LogP contribution in [0.2, 0.25) is 0 Å². The maximum Gasteiger partial charge on any atom is 0.338 e. The minimum absolute atomic E-state index is 0.0762. The molecule has 2 N–H and O–H groups in total. The molecular formula is C30H35NO8. The van der Waals surface area contributed by atoms with Crippen molar-refractivity contribution in [1.82, 2.24) is 5.32 Å². The average molecular weight is 538 g/mol. The van der Waals surface area contributed by atoms with Gasteiger partial charge >= 0.3 is 5.97 Å². The number of para-hydroxylation sites is 1. The van der Waals surface area contributed by atoms with Gasteiger partial charge < -0.3 is 38.8 Å². The van der Waals surface area contributed by atoms with Crippen molar-refractivity contribution in [2.24, 2.45) is 0 Å². The molecule has 0 saturated carbocycles. The van der Waals surface area contributed by atoms with Gasteiger partial charge in [0.05, 0.1) is 33.4 Å². The van der Waals surface area contributed by atoms with Crippen molar-refractivity contribution in [3.8, 4) is 23.0 Å². The van der Waals surface area contributed by atoms with Gasteiger partial charge in [0.2, 0.25) is 6.29 Å². The van der Waals surface area contributed by atoms with E-state index in [1.165, 1.54) is 7.11 Å². The highest BCUT2D eigenvalue weighted by Gasteiger charge is 2.15. The summed E-state index contributed by atoms with van der Waals surface area (Å²) >= 11 is 0. The Bertz CT molecular complexity index is 1180. The molecule has 3 aromatic rings. The van der Waals surface area contributed by atoms with E-state index in [0.717, 1.165) is 0 Å². The third-order valence-corrected chi connectivity index (χ3v) is 5.66. The Morgan fingerprint density at radius 3 is 2.10 bits per heavy atom. The summed E-state index contributed by atoms with van der Waals surface area (Å²) < 4.78 is 32.4. The normalized spacial score (nSPS) is 12.8. The number of rotatable bonds is 15. The summed E-state index contributed by atoms with van der Waals surface area (Å²) in [7, 11) is 6.02. The summed E-state index contributed by atoms with van der Waals surface area (Å²) in [5.74, 6) is 1.96. The first kappa shape index (κ1) is 29.5. The average Bonchev–Trinajstić information content (AvgIpc) is 2.98. The van der Waals surface area contributed by atoms with Crippen LogP contribution >= 0.6 is 0 Å². The first-order chi connectivity index (χ1) is 18.9. The van der Waals surface area contributed by atoms with Gasteiger partial charge in [-0.2, -0.15) is 0 Å². The van der Waals surface area contributed by atoms with Crippen LogP contribution in [0.3, 0.4) is 0 Å². The number of esters is 1. The number of ether oxygens (including phenoxy) is 6. The second-order valence-electron chi connectivity index (χ2n) is 8.44. The molecule has 39 heavy (non-hydrogen) atoms. The molecule has 0 bridgehead atoms. The summed E-state index contributed by atoms with van der Waals surface area (Å²) in [5, 5.41) is 13.4. The van der Waals surface area contributed by atoms with E-state index in [9.17, 15) is 9.90 Å². The van der Waals surface area contributed by atoms with Crippen LogP contribution < -0.4 is 24.3 Å². The lowest BCUT2D eigenvalue weighted by Crippen LogP contribution is -2.38. The summed E-state index contributed by atoms with van der Waals surface area (Å²) in [4.78, 5) is 12.6. The van der Waals surface area contributed by atoms with Crippen LogP contribution in [-0.4, -0.2) is 71.6 Å². The van der Waals surface area contributed by atoms with Crippen LogP contribution in [0, 0.1) is 0 Å². The van der Waals surface area contributed by atoms with Crippen LogP contribution in [-0.2, 0) is 14.3 Å². The van der Waals surface area contributed by atoms with Crippen LogP contribution in [0.15, 0.2) is 72.8 Å². The molecule has 0 radical (unpaired) electrons. The Morgan fingerprint density at radius 2 is 1.51 bits per heavy atom. The van der Waals surface area contributed by atoms with E-state index in [1.807, 2.05) is 30.3 Å². The standard InChI is InChI=1S/C30H35NO8/c1-34-26-14-21(15-27(17-26)35-2)16-28(30(33)37-4)22-10-12-24(13-11-22)38-20-23(32)18-31-19-29(36-3)39-25-8-6-5-7-9-25/h5-17,23,29,31-32H,18-20H2,1-4H3. The van der Waals surface area contributed by atoms with Gasteiger partial charge in [0, 0.05) is 19.7 Å². The summed E-state index contributed by atoms with van der Waals surface area (Å²) in [6.45, 7) is 0.751. The molecule has 0 aromatic heterocycles. The van der Waals surface area contributed by atoms with Crippen molar-refractivity contribution in [3.05, 3.63) is 83.9 Å². The van der Waals surface area contributed by atoms with Gasteiger partial charge in [0.25, 0.3) is 0 Å². The molecule has 0 spiro atoms. The van der Waals surface area contributed by atoms with Gasteiger partial charge in [-0.05, 0) is 53.6 Å². The quantitative estimate of drug-likeness (QED) is 0.130.